The van der Waals surface area contributed by atoms with Gasteiger partial charge in [0, 0.05) is 5.56 Å². The predicted octanol–water partition coefficient (Wildman–Crippen LogP) is 0.314. The fraction of sp³-hybridized carbons (Fsp3) is 0.200. The summed E-state index contributed by atoms with van der Waals surface area (Å²) in [5.41, 5.74) is 5.44. The Morgan fingerprint density at radius 1 is 1.33 bits per heavy atom. The normalized spacial score (nSPS) is 11.8. The molecule has 3 N–H and O–H groups in total. The largest absolute Gasteiger partial charge is 0.478 e. The monoisotopic (exact) mass is 209 g/mol. The Morgan fingerprint density at radius 2 is 1.93 bits per heavy atom. The number of carbonyl (C=O) groups is 2. The van der Waals surface area contributed by atoms with Crippen molar-refractivity contribution in [3.8, 4) is 0 Å². The maximum Gasteiger partial charge on any atom is 0.349 e. The van der Waals surface area contributed by atoms with Crippen molar-refractivity contribution in [3.05, 3.63) is 35.9 Å². The summed E-state index contributed by atoms with van der Waals surface area (Å²) in [6.45, 7) is -0.337. The van der Waals surface area contributed by atoms with Crippen LogP contribution >= 0.6 is 0 Å². The highest BCUT2D eigenvalue weighted by Crippen LogP contribution is 2.17. The van der Waals surface area contributed by atoms with E-state index in [1.54, 1.807) is 30.3 Å². The van der Waals surface area contributed by atoms with E-state index in [1.807, 2.05) is 0 Å². The first-order valence-electron chi connectivity index (χ1n) is 4.32. The number of carboxylic acid groups (broad SMARTS) is 1. The Labute approximate surface area is 86.5 Å². The standard InChI is InChI=1S/C10H11NO4/c11-6-8(12)15-9(10(13)14)7-4-2-1-3-5-7/h1-5,9H,6,11H2,(H,13,14). The Morgan fingerprint density at radius 3 is 2.40 bits per heavy atom. The number of hydrogen-bond acceptors (Lipinski definition) is 4. The van der Waals surface area contributed by atoms with E-state index in [2.05, 4.69) is 4.74 Å². The summed E-state index contributed by atoms with van der Waals surface area (Å²) in [5, 5.41) is 8.85. The summed E-state index contributed by atoms with van der Waals surface area (Å²) in [4.78, 5) is 21.7. The van der Waals surface area contributed by atoms with Gasteiger partial charge in [-0.2, -0.15) is 0 Å². The molecule has 0 aliphatic carbocycles. The zero-order valence-corrected chi connectivity index (χ0v) is 7.92. The van der Waals surface area contributed by atoms with Crippen molar-refractivity contribution in [2.24, 2.45) is 5.73 Å². The van der Waals surface area contributed by atoms with Crippen LogP contribution in [0.2, 0.25) is 0 Å². The molecular weight excluding hydrogens is 198 g/mol. The first-order valence-corrected chi connectivity index (χ1v) is 4.32. The van der Waals surface area contributed by atoms with E-state index in [-0.39, 0.29) is 6.54 Å². The third-order valence-corrected chi connectivity index (χ3v) is 1.74. The van der Waals surface area contributed by atoms with Crippen LogP contribution in [0.15, 0.2) is 30.3 Å². The van der Waals surface area contributed by atoms with Gasteiger partial charge in [-0.15, -0.1) is 0 Å². The van der Waals surface area contributed by atoms with Crippen molar-refractivity contribution >= 4 is 11.9 Å². The highest BCUT2D eigenvalue weighted by Gasteiger charge is 2.23. The minimum absolute atomic E-state index is 0.337. The summed E-state index contributed by atoms with van der Waals surface area (Å²) in [6, 6.07) is 8.22. The molecule has 0 spiro atoms. The first kappa shape index (κ1) is 11.2. The third kappa shape index (κ3) is 3.07. The SMILES string of the molecule is NCC(=O)OC(C(=O)O)c1ccccc1. The van der Waals surface area contributed by atoms with Crippen molar-refractivity contribution in [2.75, 3.05) is 6.54 Å². The van der Waals surface area contributed by atoms with Gasteiger partial charge in [0.15, 0.2) is 0 Å². The number of benzene rings is 1. The van der Waals surface area contributed by atoms with Gasteiger partial charge < -0.3 is 15.6 Å². The van der Waals surface area contributed by atoms with Crippen LogP contribution in [-0.4, -0.2) is 23.6 Å². The number of carbonyl (C=O) groups excluding carboxylic acids is 1. The van der Waals surface area contributed by atoms with Crippen LogP contribution in [0.4, 0.5) is 0 Å². The summed E-state index contributed by atoms with van der Waals surface area (Å²) in [7, 11) is 0. The van der Waals surface area contributed by atoms with E-state index in [9.17, 15) is 9.59 Å². The molecule has 0 saturated heterocycles. The lowest BCUT2D eigenvalue weighted by Crippen LogP contribution is -2.24. The van der Waals surface area contributed by atoms with Crippen LogP contribution in [0, 0.1) is 0 Å². The molecule has 1 atom stereocenters. The fourth-order valence-corrected chi connectivity index (χ4v) is 1.07. The minimum Gasteiger partial charge on any atom is -0.478 e. The van der Waals surface area contributed by atoms with Gasteiger partial charge in [-0.3, -0.25) is 4.79 Å². The number of ether oxygens (including phenoxy) is 1. The van der Waals surface area contributed by atoms with E-state index in [0.717, 1.165) is 0 Å². The fourth-order valence-electron chi connectivity index (χ4n) is 1.07. The topological polar surface area (TPSA) is 89.6 Å². The molecule has 0 fully saturated rings. The molecule has 5 heteroatoms. The third-order valence-electron chi connectivity index (χ3n) is 1.74. The lowest BCUT2D eigenvalue weighted by Gasteiger charge is -2.12. The lowest BCUT2D eigenvalue weighted by molar-refractivity contribution is -0.163. The molecule has 0 heterocycles. The highest BCUT2D eigenvalue weighted by molar-refractivity contribution is 5.80. The average molecular weight is 209 g/mol. The molecule has 1 aromatic rings. The van der Waals surface area contributed by atoms with Crippen molar-refractivity contribution in [2.45, 2.75) is 6.10 Å². The summed E-state index contributed by atoms with van der Waals surface area (Å²) in [6.07, 6.45) is -1.29. The second-order valence-corrected chi connectivity index (χ2v) is 2.82. The lowest BCUT2D eigenvalue weighted by atomic mass is 10.1. The first-order chi connectivity index (χ1) is 7.15. The molecule has 0 radical (unpaired) electrons. The number of rotatable bonds is 4. The van der Waals surface area contributed by atoms with Gasteiger partial charge >= 0.3 is 11.9 Å². The predicted molar refractivity (Wildman–Crippen MR) is 52.0 cm³/mol. The number of nitrogens with two attached hydrogens (primary N) is 1. The Balaban J connectivity index is 2.84. The van der Waals surface area contributed by atoms with Crippen LogP contribution in [0.1, 0.15) is 11.7 Å². The quantitative estimate of drug-likeness (QED) is 0.697. The average Bonchev–Trinajstić information content (AvgIpc) is 2.26. The molecule has 0 bridgehead atoms. The van der Waals surface area contributed by atoms with E-state index < -0.39 is 18.0 Å². The molecule has 1 aromatic carbocycles. The molecule has 0 saturated carbocycles. The molecule has 0 aliphatic rings. The zero-order valence-electron chi connectivity index (χ0n) is 7.92. The molecule has 80 valence electrons. The number of carboxylic acids is 1. The van der Waals surface area contributed by atoms with Crippen molar-refractivity contribution in [1.29, 1.82) is 0 Å². The summed E-state index contributed by atoms with van der Waals surface area (Å²) >= 11 is 0. The van der Waals surface area contributed by atoms with Crippen LogP contribution in [0.3, 0.4) is 0 Å². The zero-order chi connectivity index (χ0) is 11.3. The smallest absolute Gasteiger partial charge is 0.349 e. The van der Waals surface area contributed by atoms with E-state index >= 15 is 0 Å². The maximum atomic E-state index is 10.9. The molecule has 0 amide bonds. The van der Waals surface area contributed by atoms with Gasteiger partial charge in [-0.05, 0) is 0 Å². The van der Waals surface area contributed by atoms with E-state index in [1.165, 1.54) is 0 Å². The van der Waals surface area contributed by atoms with Gasteiger partial charge in [0.25, 0.3) is 0 Å². The Hall–Kier alpha value is -1.88. The van der Waals surface area contributed by atoms with Gasteiger partial charge in [-0.1, -0.05) is 30.3 Å². The number of hydrogen-bond donors (Lipinski definition) is 2. The minimum atomic E-state index is -1.29. The second-order valence-electron chi connectivity index (χ2n) is 2.82. The van der Waals surface area contributed by atoms with Crippen LogP contribution in [0.5, 0.6) is 0 Å². The molecule has 5 nitrogen and oxygen atoms in total. The van der Waals surface area contributed by atoms with Crippen LogP contribution in [-0.2, 0) is 14.3 Å². The highest BCUT2D eigenvalue weighted by atomic mass is 16.6. The Bertz CT molecular complexity index is 350. The van der Waals surface area contributed by atoms with Crippen molar-refractivity contribution in [3.63, 3.8) is 0 Å². The molecule has 0 aromatic heterocycles. The van der Waals surface area contributed by atoms with Gasteiger partial charge in [0.1, 0.15) is 0 Å². The second kappa shape index (κ2) is 5.11. The maximum absolute atomic E-state index is 10.9. The molecule has 15 heavy (non-hydrogen) atoms. The molecule has 0 aliphatic heterocycles. The Kier molecular flexibility index (Phi) is 3.82. The van der Waals surface area contributed by atoms with Crippen molar-refractivity contribution < 1.29 is 19.4 Å². The summed E-state index contributed by atoms with van der Waals surface area (Å²) in [5.74, 6) is -1.96. The molecular formula is C10H11NO4. The molecule has 1 unspecified atom stereocenters. The van der Waals surface area contributed by atoms with Gasteiger partial charge in [-0.25, -0.2) is 4.79 Å². The molecule has 1 rings (SSSR count). The number of aliphatic carboxylic acids is 1. The van der Waals surface area contributed by atoms with Crippen molar-refractivity contribution in [1.82, 2.24) is 0 Å². The van der Waals surface area contributed by atoms with Gasteiger partial charge in [0.05, 0.1) is 6.54 Å². The van der Waals surface area contributed by atoms with E-state index in [0.29, 0.717) is 5.56 Å². The number of esters is 1. The van der Waals surface area contributed by atoms with Crippen LogP contribution in [0.25, 0.3) is 0 Å². The van der Waals surface area contributed by atoms with Crippen LogP contribution < -0.4 is 5.73 Å². The van der Waals surface area contributed by atoms with Gasteiger partial charge in [0.2, 0.25) is 6.10 Å². The summed E-state index contributed by atoms with van der Waals surface area (Å²) < 4.78 is 4.68. The van der Waals surface area contributed by atoms with E-state index in [4.69, 9.17) is 10.8 Å².